The molecule has 1 aromatic heterocycles. The summed E-state index contributed by atoms with van der Waals surface area (Å²) < 4.78 is 22.5. The van der Waals surface area contributed by atoms with Crippen LogP contribution in [0.15, 0.2) is 0 Å². The molecule has 0 aliphatic carbocycles. The molecule has 86 valence electrons. The molecular weight excluding hydrogens is 256 g/mol. The van der Waals surface area contributed by atoms with E-state index in [4.69, 9.17) is 11.6 Å². The molecule has 0 amide bonds. The van der Waals surface area contributed by atoms with Gasteiger partial charge in [-0.2, -0.15) is 0 Å². The fourth-order valence-electron chi connectivity index (χ4n) is 0.933. The molecule has 15 heavy (non-hydrogen) atoms. The zero-order chi connectivity index (χ0) is 11.5. The summed E-state index contributed by atoms with van der Waals surface area (Å²) in [6.07, 6.45) is 2.80. The third-order valence-electron chi connectivity index (χ3n) is 2.00. The van der Waals surface area contributed by atoms with Gasteiger partial charge in [0.1, 0.15) is 15.3 Å². The van der Waals surface area contributed by atoms with Crippen LogP contribution in [0.3, 0.4) is 0 Å². The Bertz CT molecular complexity index is 416. The van der Waals surface area contributed by atoms with Gasteiger partial charge in [-0.3, -0.25) is 0 Å². The predicted molar refractivity (Wildman–Crippen MR) is 62.2 cm³/mol. The molecule has 0 aromatic carbocycles. The molecule has 1 rings (SSSR count). The topological polar surface area (TPSA) is 59.9 Å². The van der Waals surface area contributed by atoms with Gasteiger partial charge in [0.15, 0.2) is 9.84 Å². The molecule has 0 aliphatic rings. The second-order valence-corrected chi connectivity index (χ2v) is 7.14. The molecule has 0 saturated carbocycles. The van der Waals surface area contributed by atoms with Gasteiger partial charge in [0.2, 0.25) is 0 Å². The minimum atomic E-state index is -3.08. The van der Waals surface area contributed by atoms with Crippen molar-refractivity contribution in [1.29, 1.82) is 0 Å². The summed E-state index contributed by atoms with van der Waals surface area (Å²) in [5.41, 5.74) is 0. The van der Waals surface area contributed by atoms with E-state index in [0.717, 1.165) is 17.8 Å². The van der Waals surface area contributed by atoms with Crippen LogP contribution in [-0.4, -0.2) is 30.8 Å². The molecule has 0 saturated heterocycles. The summed E-state index contributed by atoms with van der Waals surface area (Å²) in [7, 11) is -3.08. The van der Waals surface area contributed by atoms with E-state index >= 15 is 0 Å². The lowest BCUT2D eigenvalue weighted by atomic mass is 10.4. The lowest BCUT2D eigenvalue weighted by molar-refractivity contribution is 0.591. The van der Waals surface area contributed by atoms with Crippen molar-refractivity contribution in [1.82, 2.24) is 10.2 Å². The van der Waals surface area contributed by atoms with Crippen molar-refractivity contribution in [2.24, 2.45) is 0 Å². The van der Waals surface area contributed by atoms with Gasteiger partial charge >= 0.3 is 0 Å². The van der Waals surface area contributed by atoms with Gasteiger partial charge in [0.25, 0.3) is 0 Å². The average molecular weight is 269 g/mol. The fraction of sp³-hybridized carbons (Fsp3) is 0.750. The van der Waals surface area contributed by atoms with Gasteiger partial charge in [-0.15, -0.1) is 33.1 Å². The molecule has 1 heterocycles. The van der Waals surface area contributed by atoms with E-state index in [9.17, 15) is 8.42 Å². The Hall–Kier alpha value is -0.200. The Morgan fingerprint density at radius 2 is 2.13 bits per heavy atom. The molecule has 1 unspecified atom stereocenters. The zero-order valence-corrected chi connectivity index (χ0v) is 11.0. The van der Waals surface area contributed by atoms with Gasteiger partial charge in [-0.05, 0) is 13.3 Å². The maximum atomic E-state index is 11.3. The van der Waals surface area contributed by atoms with Crippen LogP contribution >= 0.6 is 22.9 Å². The molecule has 0 spiro atoms. The SMILES string of the molecule is CC(c1nnc(CCCCl)s1)S(C)(=O)=O. The number of alkyl halides is 1. The van der Waals surface area contributed by atoms with E-state index in [1.165, 1.54) is 17.6 Å². The van der Waals surface area contributed by atoms with E-state index in [0.29, 0.717) is 10.9 Å². The summed E-state index contributed by atoms with van der Waals surface area (Å²) >= 11 is 6.90. The fourth-order valence-corrected chi connectivity index (χ4v) is 2.97. The number of hydrogen-bond acceptors (Lipinski definition) is 5. The second kappa shape index (κ2) is 5.23. The summed E-state index contributed by atoms with van der Waals surface area (Å²) in [6, 6.07) is 0. The average Bonchev–Trinajstić information content (AvgIpc) is 2.60. The summed E-state index contributed by atoms with van der Waals surface area (Å²) in [4.78, 5) is 0. The lowest BCUT2D eigenvalue weighted by Crippen LogP contribution is -2.07. The van der Waals surface area contributed by atoms with Gasteiger partial charge in [-0.1, -0.05) is 0 Å². The number of halogens is 1. The number of aromatic nitrogens is 2. The summed E-state index contributed by atoms with van der Waals surface area (Å²) in [6.45, 7) is 1.63. The van der Waals surface area contributed by atoms with Crippen molar-refractivity contribution in [3.63, 3.8) is 0 Å². The van der Waals surface area contributed by atoms with Gasteiger partial charge in [-0.25, -0.2) is 8.42 Å². The maximum absolute atomic E-state index is 11.3. The van der Waals surface area contributed by atoms with Crippen molar-refractivity contribution in [3.8, 4) is 0 Å². The van der Waals surface area contributed by atoms with Crippen molar-refractivity contribution in [2.45, 2.75) is 25.0 Å². The lowest BCUT2D eigenvalue weighted by Gasteiger charge is -2.02. The van der Waals surface area contributed by atoms with Crippen LogP contribution in [0, 0.1) is 0 Å². The van der Waals surface area contributed by atoms with Crippen molar-refractivity contribution in [2.75, 3.05) is 12.1 Å². The van der Waals surface area contributed by atoms with E-state index in [-0.39, 0.29) is 0 Å². The third-order valence-corrected chi connectivity index (χ3v) is 5.09. The largest absolute Gasteiger partial charge is 0.228 e. The normalized spacial score (nSPS) is 14.1. The van der Waals surface area contributed by atoms with Crippen LogP contribution in [0.4, 0.5) is 0 Å². The van der Waals surface area contributed by atoms with Gasteiger partial charge in [0.05, 0.1) is 0 Å². The molecule has 0 bridgehead atoms. The molecule has 0 aliphatic heterocycles. The monoisotopic (exact) mass is 268 g/mol. The highest BCUT2D eigenvalue weighted by Gasteiger charge is 2.21. The van der Waals surface area contributed by atoms with Gasteiger partial charge < -0.3 is 0 Å². The molecule has 0 N–H and O–H groups in total. The molecule has 4 nitrogen and oxygen atoms in total. The van der Waals surface area contributed by atoms with Crippen molar-refractivity contribution in [3.05, 3.63) is 10.0 Å². The molecule has 1 aromatic rings. The Morgan fingerprint density at radius 3 is 2.67 bits per heavy atom. The van der Waals surface area contributed by atoms with E-state index in [1.54, 1.807) is 6.92 Å². The van der Waals surface area contributed by atoms with Crippen LogP contribution in [0.2, 0.25) is 0 Å². The van der Waals surface area contributed by atoms with Crippen LogP contribution in [-0.2, 0) is 16.3 Å². The predicted octanol–water partition coefficient (Wildman–Crippen LogP) is 1.82. The number of aryl methyl sites for hydroxylation is 1. The highest BCUT2D eigenvalue weighted by molar-refractivity contribution is 7.91. The maximum Gasteiger partial charge on any atom is 0.156 e. The molecule has 0 fully saturated rings. The number of sulfone groups is 1. The number of nitrogens with zero attached hydrogens (tertiary/aromatic N) is 2. The van der Waals surface area contributed by atoms with Crippen LogP contribution in [0.25, 0.3) is 0 Å². The highest BCUT2D eigenvalue weighted by atomic mass is 35.5. The minimum absolute atomic E-state index is 0.557. The standard InChI is InChI=1S/C8H13ClN2O2S2/c1-6(15(2,12)13)8-11-10-7(14-8)4-3-5-9/h6H,3-5H2,1-2H3. The Labute approximate surface area is 98.6 Å². The Kier molecular flexibility index (Phi) is 4.48. The van der Waals surface area contributed by atoms with Crippen molar-refractivity contribution >= 4 is 32.8 Å². The number of rotatable bonds is 5. The van der Waals surface area contributed by atoms with E-state index in [1.807, 2.05) is 0 Å². The smallest absolute Gasteiger partial charge is 0.156 e. The van der Waals surface area contributed by atoms with Crippen molar-refractivity contribution < 1.29 is 8.42 Å². The molecule has 7 heteroatoms. The third kappa shape index (κ3) is 3.70. The van der Waals surface area contributed by atoms with Crippen LogP contribution in [0.1, 0.15) is 28.6 Å². The second-order valence-electron chi connectivity index (χ2n) is 3.30. The first-order valence-corrected chi connectivity index (χ1v) is 7.83. The highest BCUT2D eigenvalue weighted by Crippen LogP contribution is 2.24. The van der Waals surface area contributed by atoms with Gasteiger partial charge in [0, 0.05) is 18.6 Å². The Morgan fingerprint density at radius 1 is 1.47 bits per heavy atom. The first-order valence-electron chi connectivity index (χ1n) is 4.52. The van der Waals surface area contributed by atoms with Crippen LogP contribution in [0.5, 0.6) is 0 Å². The minimum Gasteiger partial charge on any atom is -0.228 e. The first-order chi connectivity index (χ1) is 6.95. The molecule has 1 atom stereocenters. The van der Waals surface area contributed by atoms with Crippen LogP contribution < -0.4 is 0 Å². The van der Waals surface area contributed by atoms with E-state index < -0.39 is 15.1 Å². The Balaban J connectivity index is 2.76. The molecule has 0 radical (unpaired) electrons. The van der Waals surface area contributed by atoms with E-state index in [2.05, 4.69) is 10.2 Å². The zero-order valence-electron chi connectivity index (χ0n) is 8.60. The number of hydrogen-bond donors (Lipinski definition) is 0. The molecular formula is C8H13ClN2O2S2. The quantitative estimate of drug-likeness (QED) is 0.765. The summed E-state index contributed by atoms with van der Waals surface area (Å²) in [5, 5.41) is 8.65. The first kappa shape index (κ1) is 12.9. The summed E-state index contributed by atoms with van der Waals surface area (Å²) in [5.74, 6) is 0.580.